The molecule has 1 aromatic rings. The van der Waals surface area contributed by atoms with Crippen LogP contribution in [0.5, 0.6) is 0 Å². The van der Waals surface area contributed by atoms with Crippen LogP contribution in [-0.4, -0.2) is 23.1 Å². The summed E-state index contributed by atoms with van der Waals surface area (Å²) in [6.45, 7) is 0.764. The molecular weight excluding hydrogens is 311 g/mol. The summed E-state index contributed by atoms with van der Waals surface area (Å²) in [7, 11) is 1.76. The van der Waals surface area contributed by atoms with E-state index in [1.54, 1.807) is 7.11 Å². The molecule has 78 valence electrons. The summed E-state index contributed by atoms with van der Waals surface area (Å²) < 4.78 is 10.8. The molecule has 1 aliphatic rings. The molecule has 0 atom stereocenters. The number of ether oxygens (including phenoxy) is 1. The van der Waals surface area contributed by atoms with E-state index < -0.39 is 0 Å². The molecule has 0 amide bonds. The van der Waals surface area contributed by atoms with Gasteiger partial charge in [0.25, 0.3) is 0 Å². The third-order valence-electron chi connectivity index (χ3n) is 2.86. The molecule has 0 aromatic carbocycles. The third-order valence-corrected chi connectivity index (χ3v) is 4.20. The van der Waals surface area contributed by atoms with Gasteiger partial charge in [-0.3, -0.25) is 0 Å². The monoisotopic (exact) mass is 324 g/mol. The van der Waals surface area contributed by atoms with Crippen LogP contribution in [0.2, 0.25) is 0 Å². The second-order valence-corrected chi connectivity index (χ2v) is 6.30. The number of nitrogens with zero attached hydrogens (tertiary/aromatic N) is 2. The lowest BCUT2D eigenvalue weighted by atomic mass is 9.86. The molecule has 0 bridgehead atoms. The fourth-order valence-electron chi connectivity index (χ4n) is 2.18. The Morgan fingerprint density at radius 1 is 1.50 bits per heavy atom. The number of rotatable bonds is 3. The summed E-state index contributed by atoms with van der Waals surface area (Å²) in [5.41, 5.74) is 0.120. The van der Waals surface area contributed by atoms with Crippen molar-refractivity contribution in [1.29, 1.82) is 0 Å². The van der Waals surface area contributed by atoms with E-state index in [1.807, 2.05) is 0 Å². The number of aromatic nitrogens is 2. The lowest BCUT2D eigenvalue weighted by Crippen LogP contribution is -2.29. The number of halogens is 1. The molecule has 1 fully saturated rings. The molecule has 3 nitrogen and oxygen atoms in total. The molecule has 0 N–H and O–H groups in total. The van der Waals surface area contributed by atoms with Gasteiger partial charge in [0.05, 0.1) is 12.0 Å². The van der Waals surface area contributed by atoms with Crippen molar-refractivity contribution in [2.24, 2.45) is 0 Å². The Morgan fingerprint density at radius 2 is 2.21 bits per heavy atom. The first kappa shape index (κ1) is 10.8. The Kier molecular flexibility index (Phi) is 3.38. The molecule has 1 aromatic heterocycles. The molecular formula is C9H13IN2OS. The molecule has 0 unspecified atom stereocenters. The third kappa shape index (κ3) is 1.94. The van der Waals surface area contributed by atoms with Crippen LogP contribution >= 0.6 is 34.1 Å². The first-order valence-electron chi connectivity index (χ1n) is 4.75. The largest absolute Gasteiger partial charge is 0.384 e. The van der Waals surface area contributed by atoms with Crippen molar-refractivity contribution in [3.63, 3.8) is 0 Å². The van der Waals surface area contributed by atoms with Gasteiger partial charge in [-0.1, -0.05) is 12.8 Å². The van der Waals surface area contributed by atoms with Crippen LogP contribution in [0.25, 0.3) is 0 Å². The normalized spacial score (nSPS) is 20.1. The van der Waals surface area contributed by atoms with Crippen molar-refractivity contribution in [2.45, 2.75) is 31.1 Å². The van der Waals surface area contributed by atoms with Crippen LogP contribution in [0.3, 0.4) is 0 Å². The van der Waals surface area contributed by atoms with Gasteiger partial charge in [-0.05, 0) is 47.0 Å². The predicted molar refractivity (Wildman–Crippen MR) is 64.6 cm³/mol. The summed E-state index contributed by atoms with van der Waals surface area (Å²) in [4.78, 5) is 4.50. The Morgan fingerprint density at radius 3 is 2.71 bits per heavy atom. The first-order chi connectivity index (χ1) is 6.77. The molecule has 0 spiro atoms. The van der Waals surface area contributed by atoms with Crippen LogP contribution in [0.15, 0.2) is 0 Å². The van der Waals surface area contributed by atoms with Crippen molar-refractivity contribution < 1.29 is 4.74 Å². The van der Waals surface area contributed by atoms with Gasteiger partial charge >= 0.3 is 0 Å². The molecule has 2 rings (SSSR count). The fraction of sp³-hybridized carbons (Fsp3) is 0.778. The Balaban J connectivity index is 2.26. The zero-order valence-corrected chi connectivity index (χ0v) is 11.1. The van der Waals surface area contributed by atoms with Gasteiger partial charge in [0.1, 0.15) is 0 Å². The first-order valence-corrected chi connectivity index (χ1v) is 6.61. The zero-order valence-electron chi connectivity index (χ0n) is 8.12. The molecule has 1 aliphatic carbocycles. The van der Waals surface area contributed by atoms with Gasteiger partial charge in [-0.25, -0.2) is 4.98 Å². The minimum Gasteiger partial charge on any atom is -0.384 e. The maximum Gasteiger partial charge on any atom is 0.174 e. The van der Waals surface area contributed by atoms with E-state index in [0.29, 0.717) is 0 Å². The standard InChI is InChI=1S/C9H13IN2OS/c1-13-6-9(4-2-3-5-9)7-11-8(10)14-12-7/h2-6H2,1H3. The molecule has 0 saturated heterocycles. The molecule has 0 aliphatic heterocycles. The maximum atomic E-state index is 5.31. The van der Waals surface area contributed by atoms with E-state index in [-0.39, 0.29) is 5.41 Å². The van der Waals surface area contributed by atoms with E-state index in [4.69, 9.17) is 4.74 Å². The topological polar surface area (TPSA) is 35.0 Å². The second kappa shape index (κ2) is 4.40. The SMILES string of the molecule is COCC1(c2nsc(I)n2)CCCC1. The molecule has 0 radical (unpaired) electrons. The van der Waals surface area contributed by atoms with E-state index in [2.05, 4.69) is 31.9 Å². The highest BCUT2D eigenvalue weighted by Gasteiger charge is 2.39. The van der Waals surface area contributed by atoms with E-state index >= 15 is 0 Å². The van der Waals surface area contributed by atoms with Crippen LogP contribution in [0.1, 0.15) is 31.5 Å². The minimum atomic E-state index is 0.120. The number of hydrogen-bond acceptors (Lipinski definition) is 4. The summed E-state index contributed by atoms with van der Waals surface area (Å²) in [6.07, 6.45) is 4.90. The van der Waals surface area contributed by atoms with Crippen LogP contribution < -0.4 is 0 Å². The van der Waals surface area contributed by atoms with Crippen LogP contribution in [0.4, 0.5) is 0 Å². The Bertz CT molecular complexity index is 310. The lowest BCUT2D eigenvalue weighted by molar-refractivity contribution is 0.127. The van der Waals surface area contributed by atoms with Gasteiger partial charge in [-0.15, -0.1) is 0 Å². The van der Waals surface area contributed by atoms with Gasteiger partial charge in [0.2, 0.25) is 0 Å². The molecule has 5 heteroatoms. The van der Waals surface area contributed by atoms with E-state index in [1.165, 1.54) is 37.2 Å². The predicted octanol–water partition coefficient (Wildman–Crippen LogP) is 2.60. The van der Waals surface area contributed by atoms with Gasteiger partial charge in [-0.2, -0.15) is 4.37 Å². The van der Waals surface area contributed by atoms with Crippen molar-refractivity contribution in [1.82, 2.24) is 9.36 Å². The summed E-state index contributed by atoms with van der Waals surface area (Å²) in [5.74, 6) is 1.01. The summed E-state index contributed by atoms with van der Waals surface area (Å²) in [5, 5.41) is 0. The van der Waals surface area contributed by atoms with Gasteiger partial charge in [0.15, 0.2) is 8.84 Å². The molecule has 14 heavy (non-hydrogen) atoms. The highest BCUT2D eigenvalue weighted by Crippen LogP contribution is 2.40. The molecule has 1 saturated carbocycles. The highest BCUT2D eigenvalue weighted by atomic mass is 127. The average molecular weight is 324 g/mol. The van der Waals surface area contributed by atoms with Crippen molar-refractivity contribution in [3.05, 3.63) is 8.84 Å². The number of hydrogen-bond donors (Lipinski definition) is 0. The average Bonchev–Trinajstić information content (AvgIpc) is 2.75. The fourth-order valence-corrected chi connectivity index (χ4v) is 3.23. The highest BCUT2D eigenvalue weighted by molar-refractivity contribution is 14.1. The zero-order chi connectivity index (χ0) is 10.0. The Labute approximate surface area is 102 Å². The quantitative estimate of drug-likeness (QED) is 0.802. The second-order valence-electron chi connectivity index (χ2n) is 3.79. The van der Waals surface area contributed by atoms with Gasteiger partial charge in [0, 0.05) is 7.11 Å². The van der Waals surface area contributed by atoms with Crippen molar-refractivity contribution in [3.8, 4) is 0 Å². The van der Waals surface area contributed by atoms with Crippen LogP contribution in [0, 0.1) is 3.01 Å². The smallest absolute Gasteiger partial charge is 0.174 e. The Hall–Kier alpha value is 0.250. The number of methoxy groups -OCH3 is 1. The molecule has 1 heterocycles. The van der Waals surface area contributed by atoms with Crippen molar-refractivity contribution in [2.75, 3.05) is 13.7 Å². The lowest BCUT2D eigenvalue weighted by Gasteiger charge is -2.24. The van der Waals surface area contributed by atoms with Crippen molar-refractivity contribution >= 4 is 34.1 Å². The maximum absolute atomic E-state index is 5.31. The van der Waals surface area contributed by atoms with E-state index in [0.717, 1.165) is 15.4 Å². The van der Waals surface area contributed by atoms with Gasteiger partial charge < -0.3 is 4.74 Å². The summed E-state index contributed by atoms with van der Waals surface area (Å²) in [6, 6.07) is 0. The minimum absolute atomic E-state index is 0.120. The van der Waals surface area contributed by atoms with Crippen LogP contribution in [-0.2, 0) is 10.2 Å². The summed E-state index contributed by atoms with van der Waals surface area (Å²) >= 11 is 3.71. The van der Waals surface area contributed by atoms with E-state index in [9.17, 15) is 0 Å².